The molecule has 1 aliphatic heterocycles. The maximum atomic E-state index is 9.60. The van der Waals surface area contributed by atoms with Crippen molar-refractivity contribution in [3.05, 3.63) is 24.6 Å². The summed E-state index contributed by atoms with van der Waals surface area (Å²) in [6.45, 7) is 3.90. The summed E-state index contributed by atoms with van der Waals surface area (Å²) in [4.78, 5) is 1.98. The highest BCUT2D eigenvalue weighted by atomic mass is 16.3. The smallest absolute Gasteiger partial charge is 0.125 e. The molecule has 110 valence electrons. The van der Waals surface area contributed by atoms with Crippen LogP contribution < -0.4 is 5.32 Å². The van der Waals surface area contributed by atoms with Crippen LogP contribution in [-0.4, -0.2) is 22.4 Å². The molecule has 0 spiro atoms. The molecule has 0 amide bonds. The molecule has 0 saturated carbocycles. The quantitative estimate of drug-likeness (QED) is 0.467. The summed E-state index contributed by atoms with van der Waals surface area (Å²) in [6, 6.07) is 0. The second kappa shape index (κ2) is 9.90. The molecule has 2 N–H and O–H groups in total. The fourth-order valence-corrected chi connectivity index (χ4v) is 2.52. The molecule has 0 radical (unpaired) electrons. The Morgan fingerprint density at radius 3 is 2.58 bits per heavy atom. The van der Waals surface area contributed by atoms with E-state index in [0.29, 0.717) is 0 Å². The molecule has 0 aromatic carbocycles. The van der Waals surface area contributed by atoms with E-state index >= 15 is 0 Å². The van der Waals surface area contributed by atoms with Crippen LogP contribution in [0.25, 0.3) is 0 Å². The topological polar surface area (TPSA) is 35.5 Å². The van der Waals surface area contributed by atoms with Crippen molar-refractivity contribution in [2.45, 2.75) is 77.6 Å². The molecular formula is C16H30N2O. The van der Waals surface area contributed by atoms with Gasteiger partial charge in [-0.1, -0.05) is 37.8 Å². The molecular weight excluding hydrogens is 236 g/mol. The van der Waals surface area contributed by atoms with Crippen molar-refractivity contribution in [2.75, 3.05) is 0 Å². The van der Waals surface area contributed by atoms with Gasteiger partial charge in [-0.05, 0) is 39.5 Å². The first-order valence-electron chi connectivity index (χ1n) is 7.75. The zero-order chi connectivity index (χ0) is 13.9. The van der Waals surface area contributed by atoms with Crippen LogP contribution in [-0.2, 0) is 0 Å². The number of rotatable bonds is 10. The van der Waals surface area contributed by atoms with Crippen molar-refractivity contribution in [2.24, 2.45) is 0 Å². The van der Waals surface area contributed by atoms with E-state index < -0.39 is 6.23 Å². The number of nitrogens with one attached hydrogen (secondary N) is 1. The molecule has 0 fully saturated rings. The SMILES string of the molecule is C/C=C/CCCCCCCCC1NC=CN1C(C)O. The number of hydrogen-bond donors (Lipinski definition) is 2. The molecule has 0 saturated heterocycles. The molecule has 0 bridgehead atoms. The van der Waals surface area contributed by atoms with Gasteiger partial charge >= 0.3 is 0 Å². The maximum absolute atomic E-state index is 9.60. The van der Waals surface area contributed by atoms with Crippen molar-refractivity contribution in [1.29, 1.82) is 0 Å². The van der Waals surface area contributed by atoms with Gasteiger partial charge in [0.1, 0.15) is 12.4 Å². The van der Waals surface area contributed by atoms with E-state index in [9.17, 15) is 5.11 Å². The second-order valence-electron chi connectivity index (χ2n) is 5.34. The minimum atomic E-state index is -0.400. The van der Waals surface area contributed by atoms with Gasteiger partial charge in [0.05, 0.1) is 0 Å². The first kappa shape index (κ1) is 16.1. The Kier molecular flexibility index (Phi) is 8.39. The lowest BCUT2D eigenvalue weighted by Gasteiger charge is -2.28. The van der Waals surface area contributed by atoms with E-state index in [1.54, 1.807) is 0 Å². The Labute approximate surface area is 118 Å². The van der Waals surface area contributed by atoms with Crippen molar-refractivity contribution in [3.63, 3.8) is 0 Å². The molecule has 0 aromatic heterocycles. The lowest BCUT2D eigenvalue weighted by molar-refractivity contribution is 0.0254. The minimum Gasteiger partial charge on any atom is -0.374 e. The fourth-order valence-electron chi connectivity index (χ4n) is 2.52. The zero-order valence-corrected chi connectivity index (χ0v) is 12.5. The number of aliphatic hydroxyl groups is 1. The normalized spacial score (nSPS) is 20.2. The summed E-state index contributed by atoms with van der Waals surface area (Å²) in [5, 5.41) is 12.9. The molecule has 0 aliphatic carbocycles. The van der Waals surface area contributed by atoms with Gasteiger partial charge in [0, 0.05) is 12.4 Å². The highest BCUT2D eigenvalue weighted by Crippen LogP contribution is 2.16. The number of aliphatic hydroxyl groups excluding tert-OH is 1. The van der Waals surface area contributed by atoms with Gasteiger partial charge in [0.2, 0.25) is 0 Å². The Morgan fingerprint density at radius 1 is 1.21 bits per heavy atom. The molecule has 2 atom stereocenters. The molecule has 0 aromatic rings. The Bertz CT molecular complexity index is 274. The van der Waals surface area contributed by atoms with Crippen molar-refractivity contribution in [3.8, 4) is 0 Å². The minimum absolute atomic E-state index is 0.287. The van der Waals surface area contributed by atoms with E-state index in [1.807, 2.05) is 24.2 Å². The lowest BCUT2D eigenvalue weighted by atomic mass is 10.1. The van der Waals surface area contributed by atoms with Crippen LogP contribution in [0.2, 0.25) is 0 Å². The number of hydrogen-bond acceptors (Lipinski definition) is 3. The molecule has 19 heavy (non-hydrogen) atoms. The Balaban J connectivity index is 1.93. The predicted molar refractivity (Wildman–Crippen MR) is 81.3 cm³/mol. The Morgan fingerprint density at radius 2 is 1.89 bits per heavy atom. The van der Waals surface area contributed by atoms with Gasteiger partial charge < -0.3 is 15.3 Å². The number of nitrogens with zero attached hydrogens (tertiary/aromatic N) is 1. The van der Waals surface area contributed by atoms with E-state index in [-0.39, 0.29) is 6.17 Å². The summed E-state index contributed by atoms with van der Waals surface area (Å²) in [5.41, 5.74) is 0. The van der Waals surface area contributed by atoms with Gasteiger partial charge in [0.15, 0.2) is 0 Å². The molecule has 3 heteroatoms. The van der Waals surface area contributed by atoms with Gasteiger partial charge in [-0.15, -0.1) is 0 Å². The highest BCUT2D eigenvalue weighted by Gasteiger charge is 2.20. The summed E-state index contributed by atoms with van der Waals surface area (Å²) < 4.78 is 0. The third-order valence-electron chi connectivity index (χ3n) is 3.66. The fraction of sp³-hybridized carbons (Fsp3) is 0.750. The van der Waals surface area contributed by atoms with E-state index in [0.717, 1.165) is 6.42 Å². The average molecular weight is 266 g/mol. The summed E-state index contributed by atoms with van der Waals surface area (Å²) >= 11 is 0. The van der Waals surface area contributed by atoms with Crippen LogP contribution in [0.3, 0.4) is 0 Å². The molecule has 2 unspecified atom stereocenters. The summed E-state index contributed by atoms with van der Waals surface area (Å²) in [7, 11) is 0. The summed E-state index contributed by atoms with van der Waals surface area (Å²) in [6.07, 6.45) is 18.4. The highest BCUT2D eigenvalue weighted by molar-refractivity contribution is 4.94. The maximum Gasteiger partial charge on any atom is 0.125 e. The molecule has 1 rings (SSSR count). The zero-order valence-electron chi connectivity index (χ0n) is 12.5. The van der Waals surface area contributed by atoms with Crippen molar-refractivity contribution in [1.82, 2.24) is 10.2 Å². The molecule has 1 heterocycles. The van der Waals surface area contributed by atoms with Gasteiger partial charge in [0.25, 0.3) is 0 Å². The van der Waals surface area contributed by atoms with Crippen LogP contribution in [0.15, 0.2) is 24.6 Å². The predicted octanol–water partition coefficient (Wildman–Crippen LogP) is 3.72. The Hall–Kier alpha value is -0.960. The van der Waals surface area contributed by atoms with E-state index in [1.165, 1.54) is 44.9 Å². The van der Waals surface area contributed by atoms with Crippen LogP contribution in [0.1, 0.15) is 65.2 Å². The molecule has 1 aliphatic rings. The van der Waals surface area contributed by atoms with Crippen molar-refractivity contribution < 1.29 is 5.11 Å². The number of unbranched alkanes of at least 4 members (excludes halogenated alkanes) is 6. The molecule has 3 nitrogen and oxygen atoms in total. The van der Waals surface area contributed by atoms with Gasteiger partial charge in [-0.2, -0.15) is 0 Å². The van der Waals surface area contributed by atoms with Crippen LogP contribution in [0.4, 0.5) is 0 Å². The first-order valence-corrected chi connectivity index (χ1v) is 7.75. The third-order valence-corrected chi connectivity index (χ3v) is 3.66. The van der Waals surface area contributed by atoms with E-state index in [4.69, 9.17) is 0 Å². The van der Waals surface area contributed by atoms with Crippen LogP contribution in [0.5, 0.6) is 0 Å². The summed E-state index contributed by atoms with van der Waals surface area (Å²) in [5.74, 6) is 0. The average Bonchev–Trinajstić information content (AvgIpc) is 2.85. The van der Waals surface area contributed by atoms with Gasteiger partial charge in [-0.25, -0.2) is 0 Å². The van der Waals surface area contributed by atoms with Gasteiger partial charge in [-0.3, -0.25) is 0 Å². The van der Waals surface area contributed by atoms with Crippen molar-refractivity contribution >= 4 is 0 Å². The van der Waals surface area contributed by atoms with Crippen LogP contribution in [0, 0.1) is 0 Å². The third kappa shape index (κ3) is 6.67. The van der Waals surface area contributed by atoms with Crippen LogP contribution >= 0.6 is 0 Å². The largest absolute Gasteiger partial charge is 0.374 e. The first-order chi connectivity index (χ1) is 9.25. The van der Waals surface area contributed by atoms with E-state index in [2.05, 4.69) is 24.4 Å². The lowest BCUT2D eigenvalue weighted by Crippen LogP contribution is -2.40. The monoisotopic (exact) mass is 266 g/mol. The second-order valence-corrected chi connectivity index (χ2v) is 5.34. The standard InChI is InChI=1S/C16H30N2O/c1-3-4-5-6-7-8-9-10-11-12-16-17-13-14-18(16)15(2)19/h3-4,13-17,19H,5-12H2,1-2H3/b4-3+. The number of allylic oxidation sites excluding steroid dienone is 2.